The van der Waals surface area contributed by atoms with Crippen molar-refractivity contribution in [3.05, 3.63) is 23.8 Å². The highest BCUT2D eigenvalue weighted by atomic mass is 16.7. The Balaban J connectivity index is 1.20. The Labute approximate surface area is 230 Å². The van der Waals surface area contributed by atoms with Crippen molar-refractivity contribution in [2.45, 2.75) is 77.2 Å². The molecule has 2 amide bonds. The van der Waals surface area contributed by atoms with Gasteiger partial charge in [-0.25, -0.2) is 4.79 Å². The second-order valence-electron chi connectivity index (χ2n) is 12.1. The molecule has 1 aliphatic heterocycles. The largest absolute Gasteiger partial charge is 0.458 e. The van der Waals surface area contributed by atoms with E-state index in [1.54, 1.807) is 13.0 Å². The summed E-state index contributed by atoms with van der Waals surface area (Å²) < 4.78 is 5.06. The van der Waals surface area contributed by atoms with E-state index in [1.165, 1.54) is 6.08 Å². The number of hydroxylamine groups is 2. The molecular weight excluding hydrogens is 522 g/mol. The van der Waals surface area contributed by atoms with Crippen molar-refractivity contribution in [3.63, 3.8) is 0 Å². The number of rotatable bonds is 7. The molecule has 11 nitrogen and oxygen atoms in total. The molecule has 4 aliphatic carbocycles. The molecule has 1 N–H and O–H groups in total. The van der Waals surface area contributed by atoms with Crippen LogP contribution in [0.25, 0.3) is 0 Å². The normalized spacial score (nSPS) is 36.5. The van der Waals surface area contributed by atoms with E-state index >= 15 is 0 Å². The molecule has 40 heavy (non-hydrogen) atoms. The third kappa shape index (κ3) is 4.34. The number of Topliss-reactive ketones (excluding diaryl/α,β-unsaturated/α-hetero) is 2. The number of nitrogens with zero attached hydrogens (tertiary/aromatic N) is 1. The molecule has 214 valence electrons. The van der Waals surface area contributed by atoms with Gasteiger partial charge in [-0.2, -0.15) is 0 Å². The minimum Gasteiger partial charge on any atom is -0.458 e. The molecule has 5 rings (SSSR count). The Hall–Kier alpha value is -3.47. The lowest BCUT2D eigenvalue weighted by Gasteiger charge is -2.56. The molecule has 0 spiro atoms. The molecule has 11 heteroatoms. The molecule has 5 aliphatic rings. The zero-order chi connectivity index (χ0) is 29.0. The second kappa shape index (κ2) is 9.87. The van der Waals surface area contributed by atoms with Crippen LogP contribution in [-0.4, -0.2) is 63.5 Å². The summed E-state index contributed by atoms with van der Waals surface area (Å²) in [5, 5.41) is 12.1. The maximum Gasteiger partial charge on any atom is 0.333 e. The van der Waals surface area contributed by atoms with Crippen molar-refractivity contribution in [3.8, 4) is 0 Å². The van der Waals surface area contributed by atoms with Crippen LogP contribution in [-0.2, 0) is 43.1 Å². The van der Waals surface area contributed by atoms with Gasteiger partial charge in [0.05, 0.1) is 12.8 Å². The number of hydrogen-bond donors (Lipinski definition) is 1. The van der Waals surface area contributed by atoms with Crippen LogP contribution >= 0.6 is 0 Å². The molecule has 4 fully saturated rings. The first-order chi connectivity index (χ1) is 18.8. The quantitative estimate of drug-likeness (QED) is 0.362. The van der Waals surface area contributed by atoms with Crippen LogP contribution in [0.5, 0.6) is 0 Å². The summed E-state index contributed by atoms with van der Waals surface area (Å²) in [7, 11) is 0. The van der Waals surface area contributed by atoms with E-state index in [-0.39, 0.29) is 55.0 Å². The first kappa shape index (κ1) is 28.1. The number of esters is 1. The summed E-state index contributed by atoms with van der Waals surface area (Å²) in [5.41, 5.74) is -2.49. The summed E-state index contributed by atoms with van der Waals surface area (Å²) in [6, 6.07) is 0. The Morgan fingerprint density at radius 1 is 1.00 bits per heavy atom. The maximum absolute atomic E-state index is 13.7. The lowest BCUT2D eigenvalue weighted by Crippen LogP contribution is -2.60. The maximum atomic E-state index is 13.7. The molecule has 3 saturated carbocycles. The number of allylic oxidation sites excluding steroid dienone is 4. The van der Waals surface area contributed by atoms with Gasteiger partial charge in [-0.1, -0.05) is 25.5 Å². The molecule has 0 unspecified atom stereocenters. The monoisotopic (exact) mass is 555 g/mol. The van der Waals surface area contributed by atoms with Gasteiger partial charge in [0.15, 0.2) is 12.4 Å². The Bertz CT molecular complexity index is 1270. The highest BCUT2D eigenvalue weighted by Gasteiger charge is 2.68. The summed E-state index contributed by atoms with van der Waals surface area (Å²) in [6.45, 7) is 3.04. The van der Waals surface area contributed by atoms with E-state index in [9.17, 15) is 38.7 Å². The van der Waals surface area contributed by atoms with Gasteiger partial charge in [-0.15, -0.1) is 5.06 Å². The molecule has 1 saturated heterocycles. The van der Waals surface area contributed by atoms with Crippen LogP contribution in [0.2, 0.25) is 0 Å². The van der Waals surface area contributed by atoms with Gasteiger partial charge in [-0.3, -0.25) is 28.8 Å². The number of carbonyl (C=O) groups is 7. The lowest BCUT2D eigenvalue weighted by molar-refractivity contribution is -0.197. The van der Waals surface area contributed by atoms with E-state index < -0.39 is 65.4 Å². The van der Waals surface area contributed by atoms with Crippen molar-refractivity contribution >= 4 is 41.1 Å². The second-order valence-corrected chi connectivity index (χ2v) is 12.1. The van der Waals surface area contributed by atoms with Crippen molar-refractivity contribution in [2.75, 3.05) is 6.61 Å². The van der Waals surface area contributed by atoms with Gasteiger partial charge in [0.25, 0.3) is 11.8 Å². The van der Waals surface area contributed by atoms with E-state index in [0.717, 1.165) is 5.57 Å². The van der Waals surface area contributed by atoms with Gasteiger partial charge in [0, 0.05) is 36.0 Å². The lowest BCUT2D eigenvalue weighted by atomic mass is 9.46. The molecule has 1 heterocycles. The number of carbonyl (C=O) groups excluding carboxylic acids is 7. The number of fused-ring (bicyclic) bond motifs is 5. The van der Waals surface area contributed by atoms with Crippen molar-refractivity contribution in [1.29, 1.82) is 0 Å². The highest BCUT2D eigenvalue weighted by Crippen LogP contribution is 2.66. The molecule has 6 atom stereocenters. The van der Waals surface area contributed by atoms with E-state index in [4.69, 9.17) is 9.57 Å². The van der Waals surface area contributed by atoms with Crippen LogP contribution in [0.3, 0.4) is 0 Å². The number of ketones is 3. The van der Waals surface area contributed by atoms with Gasteiger partial charge < -0.3 is 14.7 Å². The number of imide groups is 1. The summed E-state index contributed by atoms with van der Waals surface area (Å²) in [6.07, 6.45) is 5.98. The third-order valence-corrected chi connectivity index (χ3v) is 9.97. The van der Waals surface area contributed by atoms with Gasteiger partial charge in [-0.05, 0) is 49.7 Å². The average molecular weight is 556 g/mol. The zero-order valence-corrected chi connectivity index (χ0v) is 22.6. The fourth-order valence-corrected chi connectivity index (χ4v) is 7.84. The topological polar surface area (TPSA) is 161 Å². The van der Waals surface area contributed by atoms with Crippen LogP contribution in [0, 0.1) is 28.6 Å². The highest BCUT2D eigenvalue weighted by molar-refractivity contribution is 6.02. The molecular formula is C29H33NO10. The van der Waals surface area contributed by atoms with Gasteiger partial charge in [0.1, 0.15) is 11.4 Å². The third-order valence-electron chi connectivity index (χ3n) is 9.97. The standard InChI is InChI=1S/C29H33NO10/c1-27-11-9-17(31)13-16(27)3-4-18-19-10-12-29(38,28(19,2)14-20(32)26(18)27)21(33)15-39-24(36)7-8-25(37)40-30-22(34)5-6-23(30)35/h9,11,13,18-19,26,38H,3-8,10,12,14-15H2,1-2H3/t18-,19-,26+,27-,28-,29-/m0/s1. The predicted molar refractivity (Wildman–Crippen MR) is 134 cm³/mol. The van der Waals surface area contributed by atoms with Crippen LogP contribution in [0.4, 0.5) is 0 Å². The van der Waals surface area contributed by atoms with Crippen molar-refractivity contribution in [2.24, 2.45) is 28.6 Å². The Morgan fingerprint density at radius 3 is 2.38 bits per heavy atom. The van der Waals surface area contributed by atoms with Crippen LogP contribution < -0.4 is 0 Å². The zero-order valence-electron chi connectivity index (χ0n) is 22.6. The Morgan fingerprint density at radius 2 is 1.68 bits per heavy atom. The van der Waals surface area contributed by atoms with E-state index in [2.05, 4.69) is 0 Å². The summed E-state index contributed by atoms with van der Waals surface area (Å²) >= 11 is 0. The number of ether oxygens (including phenoxy) is 1. The Kier molecular flexibility index (Phi) is 6.92. The summed E-state index contributed by atoms with van der Waals surface area (Å²) in [5.74, 6) is -4.45. The molecule has 0 aromatic rings. The first-order valence-corrected chi connectivity index (χ1v) is 13.7. The van der Waals surface area contributed by atoms with E-state index in [0.29, 0.717) is 24.3 Å². The number of hydrogen-bond acceptors (Lipinski definition) is 10. The fraction of sp³-hybridized carbons (Fsp3) is 0.621. The predicted octanol–water partition coefficient (Wildman–Crippen LogP) is 1.70. The average Bonchev–Trinajstić information content (AvgIpc) is 3.36. The van der Waals surface area contributed by atoms with Gasteiger partial charge in [0.2, 0.25) is 5.78 Å². The molecule has 0 radical (unpaired) electrons. The van der Waals surface area contributed by atoms with E-state index in [1.807, 2.05) is 13.0 Å². The first-order valence-electron chi connectivity index (χ1n) is 13.7. The smallest absolute Gasteiger partial charge is 0.333 e. The van der Waals surface area contributed by atoms with Crippen LogP contribution in [0.15, 0.2) is 23.8 Å². The summed E-state index contributed by atoms with van der Waals surface area (Å²) in [4.78, 5) is 90.9. The molecule has 0 aromatic carbocycles. The minimum absolute atomic E-state index is 0.000538. The van der Waals surface area contributed by atoms with Crippen LogP contribution in [0.1, 0.15) is 71.6 Å². The number of aliphatic hydroxyl groups is 1. The minimum atomic E-state index is -1.86. The number of amides is 2. The van der Waals surface area contributed by atoms with Gasteiger partial charge >= 0.3 is 11.9 Å². The van der Waals surface area contributed by atoms with Crippen molar-refractivity contribution < 1.29 is 48.2 Å². The molecule has 0 bridgehead atoms. The SMILES string of the molecule is C[C@]12C=CC(=O)C=C1CC[C@@H]1[C@@H]2C(=O)C[C@@]2(C)[C@H]1CC[C@]2(O)C(=O)COC(=O)CCC(=O)ON1C(=O)CCC1=O. The fourth-order valence-electron chi connectivity index (χ4n) is 7.84. The van der Waals surface area contributed by atoms with Crippen molar-refractivity contribution in [1.82, 2.24) is 5.06 Å². The molecule has 0 aromatic heterocycles.